The number of fused-ring (bicyclic) bond motifs is 1. The normalized spacial score (nSPS) is 15.8. The minimum absolute atomic E-state index is 0.0630. The van der Waals surface area contributed by atoms with Gasteiger partial charge in [-0.05, 0) is 91.6 Å². The molecule has 1 aliphatic carbocycles. The SMILES string of the molecule is C=O.CNS.CO.Cc1nc2cc(-c3ccc(C4CCCC(C(=O)Nc5ccc(C(C)C)cc5)C4)cc3)ccc2n1C. The Labute approximate surface area is 256 Å². The number of hydrogen-bond donors (Lipinski definition) is 4. The van der Waals surface area contributed by atoms with E-state index in [0.29, 0.717) is 11.8 Å². The van der Waals surface area contributed by atoms with Gasteiger partial charge >= 0.3 is 0 Å². The quantitative estimate of drug-likeness (QED) is 0.187. The predicted octanol–water partition coefficient (Wildman–Crippen LogP) is 7.06. The highest BCUT2D eigenvalue weighted by Gasteiger charge is 2.28. The van der Waals surface area contributed by atoms with E-state index in [2.05, 4.69) is 108 Å². The van der Waals surface area contributed by atoms with E-state index in [1.165, 1.54) is 22.3 Å². The van der Waals surface area contributed by atoms with Gasteiger partial charge in [0.1, 0.15) is 12.6 Å². The van der Waals surface area contributed by atoms with Gasteiger partial charge < -0.3 is 19.8 Å². The molecule has 0 saturated heterocycles. The zero-order chi connectivity index (χ0) is 31.2. The van der Waals surface area contributed by atoms with Gasteiger partial charge in [0, 0.05) is 25.8 Å². The topological polar surface area (TPSA) is 96.2 Å². The second kappa shape index (κ2) is 17.5. The highest BCUT2D eigenvalue weighted by molar-refractivity contribution is 7.78. The number of imidazole rings is 1. The molecule has 8 heteroatoms. The molecule has 1 amide bonds. The van der Waals surface area contributed by atoms with E-state index in [-0.39, 0.29) is 11.8 Å². The van der Waals surface area contributed by atoms with Gasteiger partial charge in [-0.25, -0.2) is 4.98 Å². The first-order chi connectivity index (χ1) is 20.3. The Morgan fingerprint density at radius 3 is 2.19 bits per heavy atom. The lowest BCUT2D eigenvalue weighted by Crippen LogP contribution is -2.27. The molecule has 1 aromatic heterocycles. The van der Waals surface area contributed by atoms with Gasteiger partial charge in [-0.2, -0.15) is 0 Å². The van der Waals surface area contributed by atoms with Crippen molar-refractivity contribution >= 4 is 42.2 Å². The number of aryl methyl sites for hydroxylation is 2. The summed E-state index contributed by atoms with van der Waals surface area (Å²) in [5, 5.41) is 10.2. The maximum atomic E-state index is 13.0. The number of aliphatic hydroxyl groups is 1. The molecule has 3 aromatic carbocycles. The highest BCUT2D eigenvalue weighted by Crippen LogP contribution is 2.37. The monoisotopic (exact) mass is 590 g/mol. The minimum atomic E-state index is 0.0630. The lowest BCUT2D eigenvalue weighted by Gasteiger charge is -2.29. The van der Waals surface area contributed by atoms with Crippen molar-refractivity contribution in [3.8, 4) is 11.1 Å². The van der Waals surface area contributed by atoms with E-state index < -0.39 is 0 Å². The molecule has 5 rings (SSSR count). The number of aliphatic hydroxyl groups excluding tert-OH is 1. The van der Waals surface area contributed by atoms with Crippen LogP contribution >= 0.6 is 12.8 Å². The van der Waals surface area contributed by atoms with Gasteiger partial charge in [-0.15, -0.1) is 0 Å². The third-order valence-electron chi connectivity index (χ3n) is 7.71. The Morgan fingerprint density at radius 2 is 1.60 bits per heavy atom. The van der Waals surface area contributed by atoms with E-state index in [4.69, 9.17) is 9.90 Å². The van der Waals surface area contributed by atoms with E-state index in [1.807, 2.05) is 25.8 Å². The number of thiol groups is 1. The van der Waals surface area contributed by atoms with E-state index >= 15 is 0 Å². The van der Waals surface area contributed by atoms with Crippen LogP contribution in [0.15, 0.2) is 66.7 Å². The second-order valence-corrected chi connectivity index (χ2v) is 11.0. The summed E-state index contributed by atoms with van der Waals surface area (Å²) >= 11 is 3.54. The number of benzene rings is 3. The number of rotatable bonds is 5. The molecule has 2 unspecified atom stereocenters. The maximum Gasteiger partial charge on any atom is 0.227 e. The van der Waals surface area contributed by atoms with Crippen LogP contribution in [-0.4, -0.2) is 41.5 Å². The lowest BCUT2D eigenvalue weighted by molar-refractivity contribution is -0.120. The molecule has 4 aromatic rings. The van der Waals surface area contributed by atoms with Crippen molar-refractivity contribution in [1.82, 2.24) is 14.3 Å². The summed E-state index contributed by atoms with van der Waals surface area (Å²) < 4.78 is 4.57. The van der Waals surface area contributed by atoms with Gasteiger partial charge in [0.05, 0.1) is 11.0 Å². The second-order valence-electron chi connectivity index (χ2n) is 10.6. The van der Waals surface area contributed by atoms with Crippen LogP contribution < -0.4 is 10.0 Å². The summed E-state index contributed by atoms with van der Waals surface area (Å²) in [6.45, 7) is 8.40. The first-order valence-corrected chi connectivity index (χ1v) is 14.7. The Morgan fingerprint density at radius 1 is 1.00 bits per heavy atom. The minimum Gasteiger partial charge on any atom is -0.400 e. The van der Waals surface area contributed by atoms with Crippen molar-refractivity contribution in [1.29, 1.82) is 0 Å². The van der Waals surface area contributed by atoms with Gasteiger partial charge in [-0.1, -0.05) is 75.5 Å². The Balaban J connectivity index is 0.000000813. The summed E-state index contributed by atoms with van der Waals surface area (Å²) in [5.41, 5.74) is 8.10. The van der Waals surface area contributed by atoms with Crippen LogP contribution in [0, 0.1) is 12.8 Å². The van der Waals surface area contributed by atoms with Crippen LogP contribution in [0.2, 0.25) is 0 Å². The van der Waals surface area contributed by atoms with Gasteiger partial charge in [0.25, 0.3) is 0 Å². The molecule has 1 heterocycles. The molecule has 2 atom stereocenters. The molecule has 0 aliphatic heterocycles. The molecule has 0 spiro atoms. The average molecular weight is 591 g/mol. The lowest BCUT2D eigenvalue weighted by atomic mass is 9.77. The summed E-state index contributed by atoms with van der Waals surface area (Å²) in [7, 11) is 4.79. The third kappa shape index (κ3) is 9.02. The maximum absolute atomic E-state index is 13.0. The number of nitrogens with zero attached hydrogens (tertiary/aromatic N) is 2. The zero-order valence-electron chi connectivity index (χ0n) is 25.7. The van der Waals surface area contributed by atoms with Crippen LogP contribution in [-0.2, 0) is 16.6 Å². The van der Waals surface area contributed by atoms with Crippen molar-refractivity contribution in [2.45, 2.75) is 58.3 Å². The molecular formula is C34H46N4O3S. The first kappa shape index (κ1) is 34.7. The Kier molecular flexibility index (Phi) is 14.5. The largest absolute Gasteiger partial charge is 0.400 e. The molecule has 42 heavy (non-hydrogen) atoms. The van der Waals surface area contributed by atoms with Gasteiger partial charge in [0.15, 0.2) is 0 Å². The van der Waals surface area contributed by atoms with Crippen molar-refractivity contribution in [2.24, 2.45) is 13.0 Å². The van der Waals surface area contributed by atoms with Crippen LogP contribution in [0.3, 0.4) is 0 Å². The Bertz CT molecular complexity index is 1380. The fraction of sp³-hybridized carbons (Fsp3) is 0.382. The van der Waals surface area contributed by atoms with Crippen LogP contribution in [0.25, 0.3) is 22.2 Å². The number of aromatic nitrogens is 2. The molecular weight excluding hydrogens is 544 g/mol. The molecule has 0 bridgehead atoms. The number of hydrogen-bond acceptors (Lipinski definition) is 6. The zero-order valence-corrected chi connectivity index (χ0v) is 26.6. The van der Waals surface area contributed by atoms with Crippen LogP contribution in [0.1, 0.15) is 68.3 Å². The number of amides is 1. The van der Waals surface area contributed by atoms with E-state index in [9.17, 15) is 4.79 Å². The standard InChI is InChI=1S/C31H35N3O.CH5NS.CH4O.CH2O/c1-20(2)22-12-15-28(16-13-22)33-31(35)27-7-5-6-25(18-27)23-8-10-24(11-9-23)26-14-17-30-29(19-26)32-21(3)34(30)4;1-2-3;2*1-2/h8-17,19-20,25,27H,5-7,18H2,1-4H3,(H,33,35);2-3H,1H3;2H,1H3;1H2. The fourth-order valence-corrected chi connectivity index (χ4v) is 5.37. The van der Waals surface area contributed by atoms with Crippen molar-refractivity contribution < 1.29 is 14.7 Å². The summed E-state index contributed by atoms with van der Waals surface area (Å²) in [5.74, 6) is 2.16. The molecule has 0 radical (unpaired) electrons. The number of carbonyl (C=O) groups is 2. The van der Waals surface area contributed by atoms with Crippen molar-refractivity contribution in [2.75, 3.05) is 19.5 Å². The first-order valence-electron chi connectivity index (χ1n) is 14.3. The third-order valence-corrected chi connectivity index (χ3v) is 7.71. The average Bonchev–Trinajstić information content (AvgIpc) is 3.32. The number of anilines is 1. The molecule has 7 nitrogen and oxygen atoms in total. The smallest absolute Gasteiger partial charge is 0.227 e. The van der Waals surface area contributed by atoms with E-state index in [0.717, 1.165) is 55.3 Å². The van der Waals surface area contributed by atoms with Gasteiger partial charge in [-0.3, -0.25) is 9.52 Å². The van der Waals surface area contributed by atoms with Gasteiger partial charge in [0.2, 0.25) is 5.91 Å². The van der Waals surface area contributed by atoms with Crippen LogP contribution in [0.4, 0.5) is 5.69 Å². The number of nitrogens with one attached hydrogen (secondary N) is 2. The van der Waals surface area contributed by atoms with Crippen LogP contribution in [0.5, 0.6) is 0 Å². The molecule has 3 N–H and O–H groups in total. The Hall–Kier alpha value is -3.46. The fourth-order valence-electron chi connectivity index (χ4n) is 5.37. The summed E-state index contributed by atoms with van der Waals surface area (Å²) in [6.07, 6.45) is 4.11. The number of carbonyl (C=O) groups excluding carboxylic acids is 2. The highest BCUT2D eigenvalue weighted by atomic mass is 32.1. The van der Waals surface area contributed by atoms with E-state index in [1.54, 1.807) is 7.05 Å². The van der Waals surface area contributed by atoms with Crippen molar-refractivity contribution in [3.05, 3.63) is 83.7 Å². The molecule has 1 saturated carbocycles. The summed E-state index contributed by atoms with van der Waals surface area (Å²) in [6, 6.07) is 23.7. The van der Waals surface area contributed by atoms with Crippen molar-refractivity contribution in [3.63, 3.8) is 0 Å². The predicted molar refractivity (Wildman–Crippen MR) is 178 cm³/mol. The molecule has 226 valence electrons. The molecule has 1 aliphatic rings. The summed E-state index contributed by atoms with van der Waals surface area (Å²) in [4.78, 5) is 25.7. The molecule has 1 fully saturated rings.